The van der Waals surface area contributed by atoms with Crippen LogP contribution >= 0.6 is 0 Å². The molecule has 174 valence electrons. The molecule has 5 rings (SSSR count). The molecule has 1 aromatic carbocycles. The average Bonchev–Trinajstić information content (AvgIpc) is 3.48. The standard InChI is InChI=1S/C25H28FN5O.CH4/c1-17(30-14-12-18(15-30)5-4-13-26)20-9-11-23-28-29-25(31(23)16-20)21-10-8-19-6-3-7-22(32-2)24(19)27-21;/h3,6-11,16-18H,4-5,12-15H2,1-2H3;1H4/t17-,18-;/m0./s1. The maximum atomic E-state index is 12.6. The Hall–Kier alpha value is -3.06. The molecule has 1 fully saturated rings. The Balaban J connectivity index is 0.00000259. The molecule has 6 nitrogen and oxygen atoms in total. The predicted octanol–water partition coefficient (Wildman–Crippen LogP) is 5.72. The van der Waals surface area contributed by atoms with Crippen molar-refractivity contribution in [3.05, 3.63) is 54.2 Å². The number of likely N-dealkylation sites (tertiary alicyclic amines) is 1. The number of aromatic nitrogens is 4. The third-order valence-electron chi connectivity index (χ3n) is 6.65. The molecule has 0 aliphatic carbocycles. The SMILES string of the molecule is C.COc1cccc2ccc(-c3nnc4ccc([C@H](C)N5CC[C@H](CCCF)C5)cn34)nc12. The van der Waals surface area contributed by atoms with Gasteiger partial charge in [-0.2, -0.15) is 0 Å². The molecule has 0 amide bonds. The summed E-state index contributed by atoms with van der Waals surface area (Å²) in [6, 6.07) is 14.3. The van der Waals surface area contributed by atoms with E-state index in [1.165, 1.54) is 5.56 Å². The van der Waals surface area contributed by atoms with Gasteiger partial charge in [-0.3, -0.25) is 13.7 Å². The first-order chi connectivity index (χ1) is 15.7. The monoisotopic (exact) mass is 449 g/mol. The molecule has 0 spiro atoms. The lowest BCUT2D eigenvalue weighted by molar-refractivity contribution is 0.248. The number of alkyl halides is 1. The van der Waals surface area contributed by atoms with Crippen LogP contribution in [0.15, 0.2) is 48.7 Å². The smallest absolute Gasteiger partial charge is 0.187 e. The second-order valence-corrected chi connectivity index (χ2v) is 8.60. The van der Waals surface area contributed by atoms with Crippen LogP contribution in [0, 0.1) is 5.92 Å². The van der Waals surface area contributed by atoms with Gasteiger partial charge >= 0.3 is 0 Å². The Bertz CT molecular complexity index is 1240. The van der Waals surface area contributed by atoms with E-state index >= 15 is 0 Å². The minimum Gasteiger partial charge on any atom is -0.494 e. The van der Waals surface area contributed by atoms with Crippen molar-refractivity contribution in [3.8, 4) is 17.3 Å². The van der Waals surface area contributed by atoms with Crippen LogP contribution in [-0.4, -0.2) is 51.4 Å². The van der Waals surface area contributed by atoms with Crippen molar-refractivity contribution in [1.29, 1.82) is 0 Å². The highest BCUT2D eigenvalue weighted by atomic mass is 19.1. The van der Waals surface area contributed by atoms with E-state index in [4.69, 9.17) is 9.72 Å². The summed E-state index contributed by atoms with van der Waals surface area (Å²) >= 11 is 0. The number of hydrogen-bond acceptors (Lipinski definition) is 5. The average molecular weight is 450 g/mol. The summed E-state index contributed by atoms with van der Waals surface area (Å²) in [6.45, 7) is 4.10. The Morgan fingerprint density at radius 2 is 2.03 bits per heavy atom. The van der Waals surface area contributed by atoms with Crippen LogP contribution in [0.4, 0.5) is 4.39 Å². The number of rotatable bonds is 7. The number of benzene rings is 1. The van der Waals surface area contributed by atoms with E-state index in [9.17, 15) is 4.39 Å². The van der Waals surface area contributed by atoms with E-state index < -0.39 is 0 Å². The van der Waals surface area contributed by atoms with Crippen LogP contribution in [0.5, 0.6) is 5.75 Å². The van der Waals surface area contributed by atoms with Crippen LogP contribution in [-0.2, 0) is 0 Å². The first-order valence-electron chi connectivity index (χ1n) is 11.3. The van der Waals surface area contributed by atoms with Crippen molar-refractivity contribution in [1.82, 2.24) is 24.5 Å². The molecule has 1 aliphatic rings. The van der Waals surface area contributed by atoms with Crippen molar-refractivity contribution >= 4 is 16.6 Å². The minimum absolute atomic E-state index is 0. The van der Waals surface area contributed by atoms with Gasteiger partial charge in [0.05, 0.1) is 13.8 Å². The van der Waals surface area contributed by atoms with Gasteiger partial charge in [0.25, 0.3) is 0 Å². The van der Waals surface area contributed by atoms with Crippen LogP contribution < -0.4 is 4.74 Å². The van der Waals surface area contributed by atoms with E-state index in [1.54, 1.807) is 7.11 Å². The maximum Gasteiger partial charge on any atom is 0.187 e. The Morgan fingerprint density at radius 1 is 1.15 bits per heavy atom. The number of ether oxygens (including phenoxy) is 1. The minimum atomic E-state index is -0.214. The number of halogens is 1. The zero-order valence-electron chi connectivity index (χ0n) is 18.5. The van der Waals surface area contributed by atoms with Gasteiger partial charge < -0.3 is 4.74 Å². The Kier molecular flexibility index (Phi) is 6.88. The Labute approximate surface area is 194 Å². The summed E-state index contributed by atoms with van der Waals surface area (Å²) in [4.78, 5) is 7.33. The zero-order valence-corrected chi connectivity index (χ0v) is 18.5. The normalized spacial score (nSPS) is 17.4. The van der Waals surface area contributed by atoms with E-state index in [0.717, 1.165) is 53.9 Å². The number of hydrogen-bond donors (Lipinski definition) is 0. The first-order valence-corrected chi connectivity index (χ1v) is 11.3. The van der Waals surface area contributed by atoms with Crippen LogP contribution in [0.1, 0.15) is 45.2 Å². The fraction of sp³-hybridized carbons (Fsp3) is 0.423. The largest absolute Gasteiger partial charge is 0.494 e. The van der Waals surface area contributed by atoms with Crippen molar-refractivity contribution in [2.24, 2.45) is 5.92 Å². The highest BCUT2D eigenvalue weighted by Crippen LogP contribution is 2.31. The van der Waals surface area contributed by atoms with Gasteiger partial charge in [0.15, 0.2) is 11.5 Å². The van der Waals surface area contributed by atoms with Gasteiger partial charge in [-0.15, -0.1) is 10.2 Å². The highest BCUT2D eigenvalue weighted by molar-refractivity contribution is 5.86. The third kappa shape index (κ3) is 4.42. The fourth-order valence-electron chi connectivity index (χ4n) is 4.76. The Morgan fingerprint density at radius 3 is 2.85 bits per heavy atom. The second kappa shape index (κ2) is 9.83. The van der Waals surface area contributed by atoms with Crippen molar-refractivity contribution < 1.29 is 9.13 Å². The van der Waals surface area contributed by atoms with Crippen molar-refractivity contribution in [2.45, 2.75) is 39.7 Å². The van der Waals surface area contributed by atoms with Crippen molar-refractivity contribution in [2.75, 3.05) is 26.9 Å². The van der Waals surface area contributed by atoms with Gasteiger partial charge in [-0.05, 0) is 62.4 Å². The molecule has 0 bridgehead atoms. The fourth-order valence-corrected chi connectivity index (χ4v) is 4.76. The maximum absolute atomic E-state index is 12.6. The molecule has 1 aliphatic heterocycles. The molecule has 0 saturated carbocycles. The lowest BCUT2D eigenvalue weighted by atomic mass is 10.0. The molecule has 3 aromatic heterocycles. The van der Waals surface area contributed by atoms with E-state index in [2.05, 4.69) is 34.3 Å². The zero-order chi connectivity index (χ0) is 22.1. The molecular weight excluding hydrogens is 417 g/mol. The molecule has 2 atom stereocenters. The topological polar surface area (TPSA) is 55.6 Å². The lowest BCUT2D eigenvalue weighted by Gasteiger charge is -2.25. The van der Waals surface area contributed by atoms with Gasteiger partial charge in [0.2, 0.25) is 0 Å². The van der Waals surface area contributed by atoms with E-state index in [0.29, 0.717) is 18.2 Å². The molecule has 33 heavy (non-hydrogen) atoms. The number of nitrogens with zero attached hydrogens (tertiary/aromatic N) is 5. The summed E-state index contributed by atoms with van der Waals surface area (Å²) in [5, 5.41) is 9.81. The second-order valence-electron chi connectivity index (χ2n) is 8.60. The number of methoxy groups -OCH3 is 1. The number of fused-ring (bicyclic) bond motifs is 2. The molecule has 0 radical (unpaired) electrons. The van der Waals surface area contributed by atoms with Crippen molar-refractivity contribution in [3.63, 3.8) is 0 Å². The third-order valence-corrected chi connectivity index (χ3v) is 6.65. The quantitative estimate of drug-likeness (QED) is 0.361. The number of pyridine rings is 2. The molecule has 4 heterocycles. The van der Waals surface area contributed by atoms with Gasteiger partial charge in [0, 0.05) is 24.2 Å². The summed E-state index contributed by atoms with van der Waals surface area (Å²) in [5.74, 6) is 2.05. The highest BCUT2D eigenvalue weighted by Gasteiger charge is 2.27. The molecular formula is C26H32FN5O. The van der Waals surface area contributed by atoms with Crippen LogP contribution in [0.2, 0.25) is 0 Å². The lowest BCUT2D eigenvalue weighted by Crippen LogP contribution is -2.24. The molecule has 1 saturated heterocycles. The van der Waals surface area contributed by atoms with Gasteiger partial charge in [-0.1, -0.05) is 31.7 Å². The van der Waals surface area contributed by atoms with E-state index in [1.807, 2.05) is 40.8 Å². The van der Waals surface area contributed by atoms with Gasteiger partial charge in [-0.25, -0.2) is 4.98 Å². The molecule has 7 heteroatoms. The molecule has 4 aromatic rings. The van der Waals surface area contributed by atoms with Gasteiger partial charge in [0.1, 0.15) is 17.0 Å². The predicted molar refractivity (Wildman–Crippen MR) is 130 cm³/mol. The van der Waals surface area contributed by atoms with Crippen LogP contribution in [0.3, 0.4) is 0 Å². The molecule has 0 unspecified atom stereocenters. The molecule has 0 N–H and O–H groups in total. The summed E-state index contributed by atoms with van der Waals surface area (Å²) in [7, 11) is 1.66. The number of para-hydroxylation sites is 1. The summed E-state index contributed by atoms with van der Waals surface area (Å²) in [6.07, 6.45) is 4.92. The summed E-state index contributed by atoms with van der Waals surface area (Å²) in [5.41, 5.74) is 3.57. The van der Waals surface area contributed by atoms with E-state index in [-0.39, 0.29) is 20.1 Å². The first kappa shape index (κ1) is 23.1. The van der Waals surface area contributed by atoms with Crippen LogP contribution in [0.25, 0.3) is 28.1 Å². The summed E-state index contributed by atoms with van der Waals surface area (Å²) < 4.78 is 20.1.